The fourth-order valence-electron chi connectivity index (χ4n) is 3.85. The third-order valence-corrected chi connectivity index (χ3v) is 8.94. The molecule has 1 atom stereocenters. The van der Waals surface area contributed by atoms with Crippen LogP contribution in [0.1, 0.15) is 30.2 Å². The minimum absolute atomic E-state index is 0.0893. The third kappa shape index (κ3) is 5.59. The molecule has 11 nitrogen and oxygen atoms in total. The lowest BCUT2D eigenvalue weighted by Crippen LogP contribution is -2.18. The molecule has 0 saturated heterocycles. The number of pyridine rings is 1. The number of hydrogen-bond acceptors (Lipinski definition) is 10. The van der Waals surface area contributed by atoms with Crippen LogP contribution in [0.3, 0.4) is 0 Å². The predicted octanol–water partition coefficient (Wildman–Crippen LogP) is 3.86. The second-order valence-electron chi connectivity index (χ2n) is 8.42. The molecule has 206 valence electrons. The summed E-state index contributed by atoms with van der Waals surface area (Å²) in [7, 11) is -3.22. The van der Waals surface area contributed by atoms with Crippen molar-refractivity contribution in [3.8, 4) is 17.2 Å². The van der Waals surface area contributed by atoms with Crippen molar-refractivity contribution >= 4 is 37.8 Å². The van der Waals surface area contributed by atoms with Crippen LogP contribution < -0.4 is 14.4 Å². The van der Waals surface area contributed by atoms with Crippen molar-refractivity contribution in [2.75, 3.05) is 14.2 Å². The summed E-state index contributed by atoms with van der Waals surface area (Å²) in [6.45, 7) is 5.26. The molecule has 0 aliphatic rings. The Balaban J connectivity index is 1.79. The largest absolute Gasteiger partial charge is 0.497 e. The summed E-state index contributed by atoms with van der Waals surface area (Å²) in [5.41, 5.74) is 2.54. The van der Waals surface area contributed by atoms with Crippen LogP contribution in [0.25, 0.3) is 11.0 Å². The second-order valence-corrected chi connectivity index (χ2v) is 11.5. The van der Waals surface area contributed by atoms with Crippen LogP contribution in [-0.4, -0.2) is 46.8 Å². The van der Waals surface area contributed by atoms with E-state index >= 15 is 0 Å². The molecular formula is C26H27N3O8S2. The maximum atomic E-state index is 13.9. The van der Waals surface area contributed by atoms with Crippen molar-refractivity contribution in [3.63, 3.8) is 0 Å². The van der Waals surface area contributed by atoms with Gasteiger partial charge in [-0.1, -0.05) is 6.92 Å². The number of hydrogen-bond donors (Lipinski definition) is 0. The summed E-state index contributed by atoms with van der Waals surface area (Å²) in [6.07, 6.45) is 1.73. The minimum Gasteiger partial charge on any atom is -0.497 e. The first-order valence-corrected chi connectivity index (χ1v) is 14.5. The van der Waals surface area contributed by atoms with E-state index in [-0.39, 0.29) is 33.5 Å². The molecule has 13 heteroatoms. The molecule has 2 aromatic carbocycles. The number of imidazole rings is 1. The quantitative estimate of drug-likeness (QED) is 0.203. The highest BCUT2D eigenvalue weighted by Crippen LogP contribution is 2.31. The zero-order valence-electron chi connectivity index (χ0n) is 22.0. The van der Waals surface area contributed by atoms with Gasteiger partial charge >= 0.3 is 5.97 Å². The van der Waals surface area contributed by atoms with Gasteiger partial charge in [0.15, 0.2) is 5.75 Å². The molecule has 2 heterocycles. The first-order chi connectivity index (χ1) is 18.6. The van der Waals surface area contributed by atoms with Gasteiger partial charge < -0.3 is 9.47 Å². The zero-order valence-corrected chi connectivity index (χ0v) is 23.6. The Bertz CT molecular complexity index is 1670. The van der Waals surface area contributed by atoms with Crippen molar-refractivity contribution in [2.45, 2.75) is 43.0 Å². The maximum absolute atomic E-state index is 13.9. The second kappa shape index (κ2) is 11.4. The van der Waals surface area contributed by atoms with Gasteiger partial charge in [0.2, 0.25) is 5.16 Å². The molecule has 0 saturated carbocycles. The van der Waals surface area contributed by atoms with Crippen LogP contribution in [0.5, 0.6) is 17.2 Å². The summed E-state index contributed by atoms with van der Waals surface area (Å²) >= 11 is 0. The highest BCUT2D eigenvalue weighted by atomic mass is 32.2. The van der Waals surface area contributed by atoms with E-state index < -0.39 is 26.8 Å². The number of aromatic nitrogens is 3. The minimum atomic E-state index is -4.30. The van der Waals surface area contributed by atoms with Gasteiger partial charge in [-0.15, -0.1) is 0 Å². The topological polar surface area (TPSA) is 136 Å². The van der Waals surface area contributed by atoms with Crippen LogP contribution >= 0.6 is 0 Å². The molecule has 2 aromatic heterocycles. The summed E-state index contributed by atoms with van der Waals surface area (Å²) in [6, 6.07) is 10.0. The fraction of sp³-hybridized carbons (Fsp3) is 0.269. The Morgan fingerprint density at radius 2 is 1.72 bits per heavy atom. The molecule has 39 heavy (non-hydrogen) atoms. The smallest absolute Gasteiger partial charge is 0.355 e. The number of nitrogens with zero attached hydrogens (tertiary/aromatic N) is 3. The lowest BCUT2D eigenvalue weighted by atomic mass is 10.1. The number of aryl methyl sites for hydroxylation is 1. The average molecular weight is 574 g/mol. The SMILES string of the molecule is CCC(=O)OOc1ccc(S(=O)(=O)n2c([S@@](=O)Cc3ncc(C)c(OC)c3C)nc3ccc(OC)cc32)cc1. The van der Waals surface area contributed by atoms with Gasteiger partial charge in [0.25, 0.3) is 10.0 Å². The molecule has 0 fully saturated rings. The van der Waals surface area contributed by atoms with Crippen LogP contribution in [0, 0.1) is 13.8 Å². The summed E-state index contributed by atoms with van der Waals surface area (Å²) < 4.78 is 53.2. The lowest BCUT2D eigenvalue weighted by Gasteiger charge is -2.13. The molecular weight excluding hydrogens is 546 g/mol. The van der Waals surface area contributed by atoms with Gasteiger partial charge in [0.1, 0.15) is 11.5 Å². The highest BCUT2D eigenvalue weighted by molar-refractivity contribution is 7.91. The van der Waals surface area contributed by atoms with E-state index in [9.17, 15) is 17.4 Å². The van der Waals surface area contributed by atoms with E-state index in [1.54, 1.807) is 39.3 Å². The van der Waals surface area contributed by atoms with E-state index in [0.29, 0.717) is 28.3 Å². The van der Waals surface area contributed by atoms with Crippen LogP contribution in [-0.2, 0) is 36.3 Å². The highest BCUT2D eigenvalue weighted by Gasteiger charge is 2.29. The number of methoxy groups -OCH3 is 2. The van der Waals surface area contributed by atoms with E-state index in [1.807, 2.05) is 6.92 Å². The first-order valence-electron chi connectivity index (χ1n) is 11.8. The molecule has 0 radical (unpaired) electrons. The number of benzene rings is 2. The summed E-state index contributed by atoms with van der Waals surface area (Å²) in [4.78, 5) is 29.6. The normalized spacial score (nSPS) is 12.2. The van der Waals surface area contributed by atoms with Crippen LogP contribution in [0.2, 0.25) is 0 Å². The fourth-order valence-corrected chi connectivity index (χ4v) is 6.88. The van der Waals surface area contributed by atoms with E-state index in [4.69, 9.17) is 14.4 Å². The van der Waals surface area contributed by atoms with Crippen molar-refractivity contribution in [3.05, 3.63) is 65.5 Å². The third-order valence-electron chi connectivity index (χ3n) is 5.89. The maximum Gasteiger partial charge on any atom is 0.355 e. The van der Waals surface area contributed by atoms with Gasteiger partial charge in [0.05, 0.1) is 52.4 Å². The zero-order chi connectivity index (χ0) is 28.3. The molecule has 4 aromatic rings. The number of carbonyl (C=O) groups is 1. The first kappa shape index (κ1) is 28.0. The standard InChI is InChI=1S/C26H27N3O8S2/c1-6-24(30)37-36-18-7-10-20(11-8-18)39(32,33)29-23-13-19(34-4)9-12-21(23)28-26(29)38(31)15-22-17(3)25(35-5)16(2)14-27-22/h7-14H,6,15H2,1-5H3/t38-/m0/s1. The van der Waals surface area contributed by atoms with Gasteiger partial charge in [-0.05, 0) is 50.2 Å². The van der Waals surface area contributed by atoms with E-state index in [2.05, 4.69) is 14.9 Å². The summed E-state index contributed by atoms with van der Waals surface area (Å²) in [5.74, 6) is 0.488. The van der Waals surface area contributed by atoms with Crippen molar-refractivity contribution in [1.82, 2.24) is 13.9 Å². The molecule has 0 bridgehead atoms. The van der Waals surface area contributed by atoms with Crippen LogP contribution in [0.15, 0.2) is 58.7 Å². The Hall–Kier alpha value is -3.97. The molecule has 0 unspecified atom stereocenters. The number of carbonyl (C=O) groups excluding carboxylic acids is 1. The molecule has 4 rings (SSSR count). The van der Waals surface area contributed by atoms with Crippen molar-refractivity contribution < 1.29 is 36.7 Å². The summed E-state index contributed by atoms with van der Waals surface area (Å²) in [5, 5.41) is -0.170. The number of fused-ring (bicyclic) bond motifs is 1. The molecule has 0 spiro atoms. The Morgan fingerprint density at radius 1 is 1.03 bits per heavy atom. The van der Waals surface area contributed by atoms with Gasteiger partial charge in [-0.25, -0.2) is 22.2 Å². The number of rotatable bonds is 10. The Kier molecular flexibility index (Phi) is 8.21. The molecule has 0 N–H and O–H groups in total. The van der Waals surface area contributed by atoms with Crippen molar-refractivity contribution in [2.24, 2.45) is 0 Å². The monoisotopic (exact) mass is 573 g/mol. The molecule has 0 amide bonds. The lowest BCUT2D eigenvalue weighted by molar-refractivity contribution is -0.213. The predicted molar refractivity (Wildman–Crippen MR) is 143 cm³/mol. The van der Waals surface area contributed by atoms with Crippen LogP contribution in [0.4, 0.5) is 0 Å². The van der Waals surface area contributed by atoms with Gasteiger partial charge in [-0.2, -0.15) is 0 Å². The van der Waals surface area contributed by atoms with Crippen molar-refractivity contribution in [1.29, 1.82) is 0 Å². The Labute approximate surface area is 228 Å². The number of ether oxygens (including phenoxy) is 2. The van der Waals surface area contributed by atoms with E-state index in [1.165, 1.54) is 37.4 Å². The molecule has 0 aliphatic carbocycles. The van der Waals surface area contributed by atoms with E-state index in [0.717, 1.165) is 9.54 Å². The Morgan fingerprint density at radius 3 is 2.36 bits per heavy atom. The van der Waals surface area contributed by atoms with Gasteiger partial charge in [-0.3, -0.25) is 19.0 Å². The molecule has 0 aliphatic heterocycles. The van der Waals surface area contributed by atoms with Gasteiger partial charge in [0, 0.05) is 29.8 Å². The average Bonchev–Trinajstić information content (AvgIpc) is 3.33.